The number of nitrogens with one attached hydrogen (secondary N) is 1. The van der Waals surface area contributed by atoms with Gasteiger partial charge in [-0.3, -0.25) is 4.79 Å². The molecular weight excluding hydrogens is 398 g/mol. The van der Waals surface area contributed by atoms with E-state index in [0.717, 1.165) is 22.0 Å². The molecule has 1 heterocycles. The van der Waals surface area contributed by atoms with E-state index in [4.69, 9.17) is 5.26 Å². The molecule has 4 rings (SSSR count). The topological polar surface area (TPSA) is 94.0 Å². The number of hydrogen-bond acceptors (Lipinski definition) is 4. The number of nitriles is 2. The van der Waals surface area contributed by atoms with E-state index in [0.29, 0.717) is 17.7 Å². The Balaban J connectivity index is 1.54. The number of fused-ring (bicyclic) bond motifs is 1. The van der Waals surface area contributed by atoms with Crippen molar-refractivity contribution in [3.8, 4) is 12.1 Å². The van der Waals surface area contributed by atoms with E-state index in [1.807, 2.05) is 54.7 Å². The van der Waals surface area contributed by atoms with Gasteiger partial charge in [-0.2, -0.15) is 15.6 Å². The van der Waals surface area contributed by atoms with Crippen LogP contribution in [0.2, 0.25) is 0 Å². The Kier molecular flexibility index (Phi) is 6.06. The third kappa shape index (κ3) is 4.40. The zero-order valence-corrected chi connectivity index (χ0v) is 17.1. The summed E-state index contributed by atoms with van der Waals surface area (Å²) in [5.74, 6) is -1.40. The molecule has 0 aliphatic rings. The summed E-state index contributed by atoms with van der Waals surface area (Å²) in [5, 5.41) is 23.5. The van der Waals surface area contributed by atoms with Gasteiger partial charge in [-0.05, 0) is 29.3 Å². The summed E-state index contributed by atoms with van der Waals surface area (Å²) in [5.41, 5.74) is 6.69. The maximum Gasteiger partial charge on any atom is 0.261 e. The molecule has 3 aromatic carbocycles. The summed E-state index contributed by atoms with van der Waals surface area (Å²) in [6, 6.07) is 28.5. The second kappa shape index (κ2) is 9.42. The van der Waals surface area contributed by atoms with Gasteiger partial charge < -0.3 is 4.57 Å². The van der Waals surface area contributed by atoms with Crippen molar-refractivity contribution in [3.63, 3.8) is 0 Å². The van der Waals surface area contributed by atoms with Crippen LogP contribution in [0.4, 0.5) is 0 Å². The van der Waals surface area contributed by atoms with Crippen LogP contribution < -0.4 is 5.43 Å². The molecule has 0 radical (unpaired) electrons. The summed E-state index contributed by atoms with van der Waals surface area (Å²) >= 11 is 0. The van der Waals surface area contributed by atoms with Gasteiger partial charge in [-0.1, -0.05) is 60.7 Å². The minimum Gasteiger partial charge on any atom is -0.342 e. The Labute approximate surface area is 185 Å². The molecule has 0 fully saturated rings. The molecule has 0 aliphatic heterocycles. The first-order valence-corrected chi connectivity index (χ1v) is 10.0. The fourth-order valence-corrected chi connectivity index (χ4v) is 3.55. The molecule has 0 bridgehead atoms. The molecule has 0 spiro atoms. The van der Waals surface area contributed by atoms with Crippen molar-refractivity contribution in [1.29, 1.82) is 10.5 Å². The number of carbonyl (C=O) groups excluding carboxylic acids is 1. The summed E-state index contributed by atoms with van der Waals surface area (Å²) in [7, 11) is 0. The molecule has 0 saturated carbocycles. The highest BCUT2D eigenvalue weighted by molar-refractivity contribution is 6.00. The highest BCUT2D eigenvalue weighted by Crippen LogP contribution is 2.21. The molecule has 4 aromatic rings. The maximum atomic E-state index is 12.5. The first kappa shape index (κ1) is 20.6. The van der Waals surface area contributed by atoms with Gasteiger partial charge in [0.2, 0.25) is 0 Å². The Morgan fingerprint density at radius 2 is 1.72 bits per heavy atom. The van der Waals surface area contributed by atoms with Gasteiger partial charge in [0.05, 0.1) is 23.9 Å². The second-order valence-corrected chi connectivity index (χ2v) is 7.25. The van der Waals surface area contributed by atoms with Crippen molar-refractivity contribution < 1.29 is 4.79 Å². The molecule has 154 valence electrons. The molecule has 32 heavy (non-hydrogen) atoms. The van der Waals surface area contributed by atoms with Crippen LogP contribution in [0.1, 0.15) is 28.2 Å². The quantitative estimate of drug-likeness (QED) is 0.374. The Morgan fingerprint density at radius 1 is 1.00 bits per heavy atom. The van der Waals surface area contributed by atoms with Gasteiger partial charge in [0.1, 0.15) is 0 Å². The number of aromatic nitrogens is 1. The molecule has 0 saturated heterocycles. The van der Waals surface area contributed by atoms with Crippen molar-refractivity contribution >= 4 is 23.0 Å². The van der Waals surface area contributed by atoms with E-state index >= 15 is 0 Å². The standard InChI is InChI=1S/C26H19N5O/c27-14-19-10-12-20(13-11-19)17-31-18-22(23-8-4-5-9-25(23)31)16-29-30-26(32)24(15-28)21-6-2-1-3-7-21/h1-13,16,18,24H,17H2,(H,30,32)/b29-16-/t24-/m1/s1. The summed E-state index contributed by atoms with van der Waals surface area (Å²) in [6.45, 7) is 0.636. The molecule has 6 heteroatoms. The maximum absolute atomic E-state index is 12.5. The van der Waals surface area contributed by atoms with E-state index in [1.165, 1.54) is 0 Å². The van der Waals surface area contributed by atoms with E-state index < -0.39 is 11.8 Å². The molecule has 1 aromatic heterocycles. The van der Waals surface area contributed by atoms with Crippen molar-refractivity contribution in [1.82, 2.24) is 9.99 Å². The lowest BCUT2D eigenvalue weighted by Gasteiger charge is -2.06. The van der Waals surface area contributed by atoms with Crippen LogP contribution in [0.3, 0.4) is 0 Å². The lowest BCUT2D eigenvalue weighted by atomic mass is 10.0. The number of hydrogen-bond donors (Lipinski definition) is 1. The first-order chi connectivity index (χ1) is 15.7. The van der Waals surface area contributed by atoms with Gasteiger partial charge in [-0.15, -0.1) is 0 Å². The third-order valence-corrected chi connectivity index (χ3v) is 5.16. The number of hydrazone groups is 1. The smallest absolute Gasteiger partial charge is 0.261 e. The van der Waals surface area contributed by atoms with E-state index in [9.17, 15) is 10.1 Å². The molecule has 6 nitrogen and oxygen atoms in total. The van der Waals surface area contributed by atoms with E-state index in [-0.39, 0.29) is 0 Å². The summed E-state index contributed by atoms with van der Waals surface area (Å²) in [4.78, 5) is 12.5. The van der Waals surface area contributed by atoms with Crippen molar-refractivity contribution in [2.75, 3.05) is 0 Å². The predicted molar refractivity (Wildman–Crippen MR) is 123 cm³/mol. The van der Waals surface area contributed by atoms with Gasteiger partial charge in [0.15, 0.2) is 5.92 Å². The van der Waals surface area contributed by atoms with Crippen LogP contribution in [0.25, 0.3) is 10.9 Å². The van der Waals surface area contributed by atoms with Crippen molar-refractivity contribution in [3.05, 3.63) is 107 Å². The lowest BCUT2D eigenvalue weighted by molar-refractivity contribution is -0.121. The fraction of sp³-hybridized carbons (Fsp3) is 0.0769. The number of nitrogens with zero attached hydrogens (tertiary/aromatic N) is 4. The van der Waals surface area contributed by atoms with Crippen LogP contribution >= 0.6 is 0 Å². The van der Waals surface area contributed by atoms with E-state index in [2.05, 4.69) is 21.2 Å². The number of rotatable bonds is 6. The molecule has 0 aliphatic carbocycles. The number of amides is 1. The highest BCUT2D eigenvalue weighted by atomic mass is 16.2. The Bertz CT molecular complexity index is 1360. The van der Waals surface area contributed by atoms with Crippen LogP contribution in [0.5, 0.6) is 0 Å². The Hall–Kier alpha value is -4.68. The van der Waals surface area contributed by atoms with Crippen LogP contribution in [0.15, 0.2) is 90.2 Å². The van der Waals surface area contributed by atoms with Gasteiger partial charge >= 0.3 is 0 Å². The molecule has 0 unspecified atom stereocenters. The summed E-state index contributed by atoms with van der Waals surface area (Å²) in [6.07, 6.45) is 3.56. The number of carbonyl (C=O) groups is 1. The minimum atomic E-state index is -0.925. The minimum absolute atomic E-state index is 0.476. The Morgan fingerprint density at radius 3 is 2.44 bits per heavy atom. The molecule has 1 atom stereocenters. The number of para-hydroxylation sites is 1. The van der Waals surface area contributed by atoms with Crippen molar-refractivity contribution in [2.45, 2.75) is 12.5 Å². The zero-order chi connectivity index (χ0) is 22.3. The third-order valence-electron chi connectivity index (χ3n) is 5.16. The molecule has 1 amide bonds. The van der Waals surface area contributed by atoms with Crippen molar-refractivity contribution in [2.24, 2.45) is 5.10 Å². The molecule has 1 N–H and O–H groups in total. The lowest BCUT2D eigenvalue weighted by Crippen LogP contribution is -2.24. The van der Waals surface area contributed by atoms with Crippen LogP contribution in [0, 0.1) is 22.7 Å². The predicted octanol–water partition coefficient (Wildman–Crippen LogP) is 4.32. The van der Waals surface area contributed by atoms with E-state index in [1.54, 1.807) is 42.6 Å². The summed E-state index contributed by atoms with van der Waals surface area (Å²) < 4.78 is 2.10. The highest BCUT2D eigenvalue weighted by Gasteiger charge is 2.19. The average Bonchev–Trinajstić information content (AvgIpc) is 3.18. The second-order valence-electron chi connectivity index (χ2n) is 7.25. The fourth-order valence-electron chi connectivity index (χ4n) is 3.55. The SMILES string of the molecule is N#Cc1ccc(Cn2cc(/C=N\NC(=O)[C@H](C#N)c3ccccc3)c3ccccc32)cc1. The first-order valence-electron chi connectivity index (χ1n) is 10.0. The zero-order valence-electron chi connectivity index (χ0n) is 17.1. The van der Waals surface area contributed by atoms with Gasteiger partial charge in [0, 0.05) is 29.2 Å². The van der Waals surface area contributed by atoms with Gasteiger partial charge in [0.25, 0.3) is 5.91 Å². The van der Waals surface area contributed by atoms with Crippen LogP contribution in [-0.4, -0.2) is 16.7 Å². The number of benzene rings is 3. The molecular formula is C26H19N5O. The normalized spacial score (nSPS) is 11.7. The van der Waals surface area contributed by atoms with Crippen LogP contribution in [-0.2, 0) is 11.3 Å². The van der Waals surface area contributed by atoms with Gasteiger partial charge in [-0.25, -0.2) is 5.43 Å². The monoisotopic (exact) mass is 417 g/mol. The largest absolute Gasteiger partial charge is 0.342 e. The average molecular weight is 417 g/mol.